The molecule has 0 amide bonds. The number of halogens is 1. The summed E-state index contributed by atoms with van der Waals surface area (Å²) in [6.07, 6.45) is 0. The molecule has 12 heavy (non-hydrogen) atoms. The Labute approximate surface area is 70.4 Å². The van der Waals surface area contributed by atoms with E-state index in [1.165, 1.54) is 13.2 Å². The van der Waals surface area contributed by atoms with Crippen LogP contribution in [0.5, 0.6) is 5.75 Å². The van der Waals surface area contributed by atoms with E-state index in [4.69, 9.17) is 11.3 Å². The van der Waals surface area contributed by atoms with Crippen molar-refractivity contribution in [2.24, 2.45) is 0 Å². The van der Waals surface area contributed by atoms with E-state index < -0.39 is 0 Å². The number of nitrogens with zero attached hydrogens (tertiary/aromatic N) is 1. The molecule has 1 aromatic carbocycles. The lowest BCUT2D eigenvalue weighted by molar-refractivity contribution is 0.406. The van der Waals surface area contributed by atoms with Crippen LogP contribution in [0, 0.1) is 12.4 Å². The van der Waals surface area contributed by atoms with Gasteiger partial charge >= 0.3 is 0 Å². The minimum atomic E-state index is -0.384. The van der Waals surface area contributed by atoms with Gasteiger partial charge in [0, 0.05) is 0 Å². The Balaban J connectivity index is 3.12. The summed E-state index contributed by atoms with van der Waals surface area (Å²) in [5.74, 6) is 0.0522. The summed E-state index contributed by atoms with van der Waals surface area (Å²) in [7, 11) is 1.46. The Bertz CT molecular complexity index is 317. The van der Waals surface area contributed by atoms with Crippen LogP contribution in [0.1, 0.15) is 5.56 Å². The Morgan fingerprint density at radius 2 is 2.33 bits per heavy atom. The third-order valence-corrected chi connectivity index (χ3v) is 1.53. The Hall–Kier alpha value is -1.56. The lowest BCUT2D eigenvalue weighted by Gasteiger charge is -2.03. The number of hydrogen-bond donors (Lipinski definition) is 0. The number of benzene rings is 1. The molecule has 0 N–H and O–H groups in total. The van der Waals surface area contributed by atoms with Crippen LogP contribution in [0.2, 0.25) is 0 Å². The zero-order chi connectivity index (χ0) is 8.97. The van der Waals surface area contributed by atoms with Gasteiger partial charge in [0.2, 0.25) is 6.54 Å². The molecule has 0 radical (unpaired) electrons. The van der Waals surface area contributed by atoms with Gasteiger partial charge in [-0.05, 0) is 12.1 Å². The molecule has 0 aromatic heterocycles. The van der Waals surface area contributed by atoms with Crippen LogP contribution < -0.4 is 4.74 Å². The molecule has 62 valence electrons. The number of hydrogen-bond acceptors (Lipinski definition) is 1. The van der Waals surface area contributed by atoms with Gasteiger partial charge in [-0.2, -0.15) is 0 Å². The molecule has 0 aliphatic carbocycles. The average molecular weight is 165 g/mol. The second kappa shape index (κ2) is 3.72. The largest absolute Gasteiger partial charge is 0.496 e. The minimum absolute atomic E-state index is 0.0237. The fourth-order valence-electron chi connectivity index (χ4n) is 0.963. The SMILES string of the molecule is [C-]#[N+]Cc1c(F)cccc1OC. The maximum Gasteiger partial charge on any atom is 0.246 e. The minimum Gasteiger partial charge on any atom is -0.496 e. The Morgan fingerprint density at radius 3 is 2.92 bits per heavy atom. The summed E-state index contributed by atoms with van der Waals surface area (Å²) >= 11 is 0. The summed E-state index contributed by atoms with van der Waals surface area (Å²) in [4.78, 5) is 3.11. The molecule has 1 rings (SSSR count). The van der Waals surface area contributed by atoms with Crippen LogP contribution in [-0.2, 0) is 6.54 Å². The smallest absolute Gasteiger partial charge is 0.246 e. The Morgan fingerprint density at radius 1 is 1.58 bits per heavy atom. The standard InChI is InChI=1S/C9H8FNO/c1-11-6-7-8(10)4-3-5-9(7)12-2/h3-5H,6H2,2H3. The molecule has 0 saturated carbocycles. The Kier molecular flexibility index (Phi) is 2.65. The maximum absolute atomic E-state index is 13.0. The first-order valence-corrected chi connectivity index (χ1v) is 3.44. The van der Waals surface area contributed by atoms with Crippen molar-refractivity contribution in [3.05, 3.63) is 41.0 Å². The van der Waals surface area contributed by atoms with Crippen molar-refractivity contribution in [1.29, 1.82) is 0 Å². The molecule has 0 bridgehead atoms. The highest BCUT2D eigenvalue weighted by Gasteiger charge is 2.10. The van der Waals surface area contributed by atoms with Gasteiger partial charge in [0.05, 0.1) is 7.11 Å². The van der Waals surface area contributed by atoms with E-state index in [9.17, 15) is 4.39 Å². The second-order valence-corrected chi connectivity index (χ2v) is 2.24. The first-order valence-electron chi connectivity index (χ1n) is 3.44. The van der Waals surface area contributed by atoms with Crippen LogP contribution in [0.25, 0.3) is 4.85 Å². The van der Waals surface area contributed by atoms with Crippen LogP contribution in [-0.4, -0.2) is 7.11 Å². The summed E-state index contributed by atoms with van der Waals surface area (Å²) in [6, 6.07) is 4.52. The van der Waals surface area contributed by atoms with Crippen molar-refractivity contribution in [3.63, 3.8) is 0 Å². The van der Waals surface area contributed by atoms with Gasteiger partial charge in [-0.1, -0.05) is 6.07 Å². The normalized spacial score (nSPS) is 9.08. The van der Waals surface area contributed by atoms with E-state index in [2.05, 4.69) is 4.85 Å². The zero-order valence-corrected chi connectivity index (χ0v) is 6.67. The van der Waals surface area contributed by atoms with Crippen molar-refractivity contribution in [2.45, 2.75) is 6.54 Å². The zero-order valence-electron chi connectivity index (χ0n) is 6.67. The van der Waals surface area contributed by atoms with Crippen LogP contribution in [0.4, 0.5) is 4.39 Å². The van der Waals surface area contributed by atoms with Crippen LogP contribution >= 0.6 is 0 Å². The summed E-state index contributed by atoms with van der Waals surface area (Å²) in [5, 5.41) is 0. The second-order valence-electron chi connectivity index (χ2n) is 2.24. The molecule has 0 spiro atoms. The van der Waals surface area contributed by atoms with E-state index in [0.717, 1.165) is 0 Å². The van der Waals surface area contributed by atoms with Crippen molar-refractivity contribution in [2.75, 3.05) is 7.11 Å². The summed E-state index contributed by atoms with van der Waals surface area (Å²) in [6.45, 7) is 6.63. The van der Waals surface area contributed by atoms with Crippen molar-refractivity contribution >= 4 is 0 Å². The molecule has 3 heteroatoms. The molecule has 0 aliphatic rings. The van der Waals surface area contributed by atoms with Crippen LogP contribution in [0.3, 0.4) is 0 Å². The van der Waals surface area contributed by atoms with E-state index >= 15 is 0 Å². The first kappa shape index (κ1) is 8.54. The molecule has 0 fully saturated rings. The highest BCUT2D eigenvalue weighted by molar-refractivity contribution is 5.35. The van der Waals surface area contributed by atoms with Crippen LogP contribution in [0.15, 0.2) is 18.2 Å². The van der Waals surface area contributed by atoms with Gasteiger partial charge in [-0.15, -0.1) is 0 Å². The molecule has 0 atom stereocenters. The lowest BCUT2D eigenvalue weighted by Crippen LogP contribution is -1.93. The summed E-state index contributed by atoms with van der Waals surface area (Å²) in [5.41, 5.74) is 0.329. The van der Waals surface area contributed by atoms with E-state index in [1.807, 2.05) is 0 Å². The fraction of sp³-hybridized carbons (Fsp3) is 0.222. The molecular formula is C9H8FNO. The molecular weight excluding hydrogens is 157 g/mol. The topological polar surface area (TPSA) is 13.6 Å². The molecule has 0 aliphatic heterocycles. The maximum atomic E-state index is 13.0. The lowest BCUT2D eigenvalue weighted by atomic mass is 10.2. The first-order chi connectivity index (χ1) is 5.79. The van der Waals surface area contributed by atoms with Crippen molar-refractivity contribution in [1.82, 2.24) is 0 Å². The molecule has 1 aromatic rings. The van der Waals surface area contributed by atoms with Gasteiger partial charge in [-0.25, -0.2) is 11.0 Å². The van der Waals surface area contributed by atoms with E-state index in [1.54, 1.807) is 12.1 Å². The van der Waals surface area contributed by atoms with Gasteiger partial charge in [0.15, 0.2) is 0 Å². The number of ether oxygens (including phenoxy) is 1. The predicted octanol–water partition coefficient (Wildman–Crippen LogP) is 2.25. The highest BCUT2D eigenvalue weighted by atomic mass is 19.1. The highest BCUT2D eigenvalue weighted by Crippen LogP contribution is 2.21. The number of rotatable bonds is 2. The summed E-state index contributed by atoms with van der Waals surface area (Å²) < 4.78 is 17.9. The number of methoxy groups -OCH3 is 1. The third kappa shape index (κ3) is 1.54. The molecule has 0 heterocycles. The molecule has 0 saturated heterocycles. The van der Waals surface area contributed by atoms with Gasteiger partial charge in [0.1, 0.15) is 17.1 Å². The third-order valence-electron chi connectivity index (χ3n) is 1.53. The van der Waals surface area contributed by atoms with Gasteiger partial charge in [0.25, 0.3) is 0 Å². The van der Waals surface area contributed by atoms with Crippen molar-refractivity contribution < 1.29 is 9.13 Å². The van der Waals surface area contributed by atoms with Gasteiger partial charge in [-0.3, -0.25) is 0 Å². The van der Waals surface area contributed by atoms with Gasteiger partial charge < -0.3 is 9.58 Å². The van der Waals surface area contributed by atoms with Crippen molar-refractivity contribution in [3.8, 4) is 5.75 Å². The fourth-order valence-corrected chi connectivity index (χ4v) is 0.963. The predicted molar refractivity (Wildman–Crippen MR) is 43.3 cm³/mol. The van der Waals surface area contributed by atoms with E-state index in [0.29, 0.717) is 11.3 Å². The average Bonchev–Trinajstić information content (AvgIpc) is 2.09. The van der Waals surface area contributed by atoms with E-state index in [-0.39, 0.29) is 12.4 Å². The molecule has 2 nitrogen and oxygen atoms in total. The molecule has 0 unspecified atom stereocenters. The monoisotopic (exact) mass is 165 g/mol. The quantitative estimate of drug-likeness (QED) is 0.613.